The highest BCUT2D eigenvalue weighted by Crippen LogP contribution is 2.21. The molecule has 1 aromatic carbocycles. The molecule has 0 radical (unpaired) electrons. The first-order valence-corrected chi connectivity index (χ1v) is 8.07. The maximum atomic E-state index is 12.2. The highest BCUT2D eigenvalue weighted by Gasteiger charge is 2.22. The Kier molecular flexibility index (Phi) is 6.35. The lowest BCUT2D eigenvalue weighted by molar-refractivity contribution is -0.129. The van der Waals surface area contributed by atoms with E-state index in [0.717, 1.165) is 25.7 Å². The SMILES string of the molecule is C/C(=C/CCCCC(=O)NO)C(=O)NC1Cc2ccccc2C1. The zero-order valence-corrected chi connectivity index (χ0v) is 13.5. The van der Waals surface area contributed by atoms with Crippen molar-refractivity contribution in [2.75, 3.05) is 0 Å². The molecule has 0 saturated heterocycles. The number of hydroxylamine groups is 1. The summed E-state index contributed by atoms with van der Waals surface area (Å²) in [7, 11) is 0. The second kappa shape index (κ2) is 8.48. The number of rotatable bonds is 7. The lowest BCUT2D eigenvalue weighted by Crippen LogP contribution is -2.35. The second-order valence-electron chi connectivity index (χ2n) is 6.02. The molecule has 0 spiro atoms. The quantitative estimate of drug-likeness (QED) is 0.312. The molecule has 2 rings (SSSR count). The first-order chi connectivity index (χ1) is 11.1. The molecule has 5 nitrogen and oxygen atoms in total. The molecule has 3 N–H and O–H groups in total. The highest BCUT2D eigenvalue weighted by atomic mass is 16.5. The lowest BCUT2D eigenvalue weighted by atomic mass is 10.1. The van der Waals surface area contributed by atoms with Crippen LogP contribution in [-0.4, -0.2) is 23.1 Å². The molecule has 0 aliphatic heterocycles. The molecule has 0 heterocycles. The van der Waals surface area contributed by atoms with Gasteiger partial charge < -0.3 is 5.32 Å². The number of nitrogens with one attached hydrogen (secondary N) is 2. The molecular formula is C18H24N2O3. The Balaban J connectivity index is 1.71. The van der Waals surface area contributed by atoms with Gasteiger partial charge in [0.25, 0.3) is 0 Å². The minimum atomic E-state index is -0.371. The van der Waals surface area contributed by atoms with Crippen molar-refractivity contribution in [3.8, 4) is 0 Å². The van der Waals surface area contributed by atoms with Gasteiger partial charge in [0.1, 0.15) is 0 Å². The van der Waals surface area contributed by atoms with E-state index in [1.54, 1.807) is 5.48 Å². The Bertz CT molecular complexity index is 571. The van der Waals surface area contributed by atoms with Crippen molar-refractivity contribution in [2.24, 2.45) is 0 Å². The first-order valence-electron chi connectivity index (χ1n) is 8.07. The molecule has 1 aliphatic rings. The third-order valence-electron chi connectivity index (χ3n) is 4.18. The van der Waals surface area contributed by atoms with Gasteiger partial charge in [0.15, 0.2) is 0 Å². The Labute approximate surface area is 136 Å². The Hall–Kier alpha value is -2.14. The van der Waals surface area contributed by atoms with Crippen LogP contribution in [-0.2, 0) is 22.4 Å². The third kappa shape index (κ3) is 5.21. The lowest BCUT2D eigenvalue weighted by Gasteiger charge is -2.12. The fourth-order valence-corrected chi connectivity index (χ4v) is 2.86. The van der Waals surface area contributed by atoms with E-state index >= 15 is 0 Å². The summed E-state index contributed by atoms with van der Waals surface area (Å²) in [5, 5.41) is 11.5. The molecule has 0 aromatic heterocycles. The summed E-state index contributed by atoms with van der Waals surface area (Å²) in [6.45, 7) is 1.82. The normalized spacial score (nSPS) is 14.4. The molecule has 0 atom stereocenters. The fraction of sp³-hybridized carbons (Fsp3) is 0.444. The van der Waals surface area contributed by atoms with Crippen molar-refractivity contribution in [3.63, 3.8) is 0 Å². The van der Waals surface area contributed by atoms with Crippen LogP contribution < -0.4 is 10.8 Å². The van der Waals surface area contributed by atoms with Crippen LogP contribution >= 0.6 is 0 Å². The van der Waals surface area contributed by atoms with Gasteiger partial charge in [-0.2, -0.15) is 0 Å². The molecule has 23 heavy (non-hydrogen) atoms. The van der Waals surface area contributed by atoms with E-state index in [0.29, 0.717) is 18.4 Å². The third-order valence-corrected chi connectivity index (χ3v) is 4.18. The minimum Gasteiger partial charge on any atom is -0.349 e. The van der Waals surface area contributed by atoms with E-state index in [2.05, 4.69) is 17.4 Å². The number of unbranched alkanes of at least 4 members (excludes halogenated alkanes) is 2. The number of carbonyl (C=O) groups excluding carboxylic acids is 2. The van der Waals surface area contributed by atoms with Gasteiger partial charge in [-0.25, -0.2) is 5.48 Å². The van der Waals surface area contributed by atoms with E-state index < -0.39 is 0 Å². The van der Waals surface area contributed by atoms with Crippen molar-refractivity contribution in [1.82, 2.24) is 10.8 Å². The van der Waals surface area contributed by atoms with E-state index in [1.165, 1.54) is 11.1 Å². The van der Waals surface area contributed by atoms with E-state index in [-0.39, 0.29) is 17.9 Å². The average Bonchev–Trinajstić information content (AvgIpc) is 2.96. The van der Waals surface area contributed by atoms with E-state index in [1.807, 2.05) is 25.1 Å². The smallest absolute Gasteiger partial charge is 0.246 e. The molecule has 1 aliphatic carbocycles. The van der Waals surface area contributed by atoms with Gasteiger partial charge in [-0.15, -0.1) is 0 Å². The summed E-state index contributed by atoms with van der Waals surface area (Å²) in [5.41, 5.74) is 4.97. The van der Waals surface area contributed by atoms with E-state index in [4.69, 9.17) is 5.21 Å². The van der Waals surface area contributed by atoms with Crippen LogP contribution in [0.4, 0.5) is 0 Å². The van der Waals surface area contributed by atoms with Crippen LogP contribution in [0.2, 0.25) is 0 Å². The number of allylic oxidation sites excluding steroid dienone is 1. The summed E-state index contributed by atoms with van der Waals surface area (Å²) in [6.07, 6.45) is 6.26. The summed E-state index contributed by atoms with van der Waals surface area (Å²) < 4.78 is 0. The largest absolute Gasteiger partial charge is 0.349 e. The van der Waals surface area contributed by atoms with Crippen molar-refractivity contribution >= 4 is 11.8 Å². The summed E-state index contributed by atoms with van der Waals surface area (Å²) in [4.78, 5) is 23.1. The van der Waals surface area contributed by atoms with Crippen LogP contribution in [0.1, 0.15) is 43.7 Å². The van der Waals surface area contributed by atoms with Crippen LogP contribution in [0.25, 0.3) is 0 Å². The van der Waals surface area contributed by atoms with Crippen molar-refractivity contribution in [2.45, 2.75) is 51.5 Å². The van der Waals surface area contributed by atoms with Crippen molar-refractivity contribution in [1.29, 1.82) is 0 Å². The molecule has 0 saturated carbocycles. The molecule has 5 heteroatoms. The monoisotopic (exact) mass is 316 g/mol. The van der Waals surface area contributed by atoms with Gasteiger partial charge in [0.2, 0.25) is 11.8 Å². The molecule has 1 aromatic rings. The Morgan fingerprint density at radius 2 is 1.87 bits per heavy atom. The number of hydrogen-bond acceptors (Lipinski definition) is 3. The number of carbonyl (C=O) groups is 2. The van der Waals surface area contributed by atoms with Crippen LogP contribution in [0.5, 0.6) is 0 Å². The number of fused-ring (bicyclic) bond motifs is 1. The zero-order valence-electron chi connectivity index (χ0n) is 13.5. The number of benzene rings is 1. The zero-order chi connectivity index (χ0) is 16.7. The molecule has 0 fully saturated rings. The van der Waals surface area contributed by atoms with Crippen LogP contribution in [0.3, 0.4) is 0 Å². The summed E-state index contributed by atoms with van der Waals surface area (Å²) in [6, 6.07) is 8.48. The topological polar surface area (TPSA) is 78.4 Å². The number of amides is 2. The number of hydrogen-bond donors (Lipinski definition) is 3. The molecular weight excluding hydrogens is 292 g/mol. The minimum absolute atomic E-state index is 0.0177. The predicted octanol–water partition coefficient (Wildman–Crippen LogP) is 2.28. The molecule has 0 bridgehead atoms. The van der Waals surface area contributed by atoms with Gasteiger partial charge in [-0.05, 0) is 50.2 Å². The van der Waals surface area contributed by atoms with Gasteiger partial charge in [0, 0.05) is 18.0 Å². The molecule has 0 unspecified atom stereocenters. The predicted molar refractivity (Wildman–Crippen MR) is 87.9 cm³/mol. The second-order valence-corrected chi connectivity index (χ2v) is 6.02. The maximum Gasteiger partial charge on any atom is 0.246 e. The standard InChI is InChI=1S/C18H24N2O3/c1-13(7-3-2-4-10-17(21)20-23)18(22)19-16-11-14-8-5-6-9-15(14)12-16/h5-9,16,23H,2-4,10-12H2,1H3,(H,19,22)(H,20,21)/b13-7-. The van der Waals surface area contributed by atoms with E-state index in [9.17, 15) is 9.59 Å². The van der Waals surface area contributed by atoms with Crippen molar-refractivity contribution < 1.29 is 14.8 Å². The average molecular weight is 316 g/mol. The highest BCUT2D eigenvalue weighted by molar-refractivity contribution is 5.93. The van der Waals surface area contributed by atoms with Crippen LogP contribution in [0.15, 0.2) is 35.9 Å². The molecule has 124 valence electrons. The van der Waals surface area contributed by atoms with Gasteiger partial charge in [0.05, 0.1) is 0 Å². The van der Waals surface area contributed by atoms with Crippen LogP contribution in [0, 0.1) is 0 Å². The maximum absolute atomic E-state index is 12.2. The van der Waals surface area contributed by atoms with Crippen molar-refractivity contribution in [3.05, 3.63) is 47.0 Å². The molecule has 2 amide bonds. The summed E-state index contributed by atoms with van der Waals surface area (Å²) in [5.74, 6) is -0.389. The van der Waals surface area contributed by atoms with Gasteiger partial charge >= 0.3 is 0 Å². The Morgan fingerprint density at radius 3 is 2.48 bits per heavy atom. The first kappa shape index (κ1) is 17.2. The van der Waals surface area contributed by atoms with Gasteiger partial charge in [-0.1, -0.05) is 30.3 Å². The Morgan fingerprint density at radius 1 is 1.22 bits per heavy atom. The fourth-order valence-electron chi connectivity index (χ4n) is 2.86. The summed E-state index contributed by atoms with van der Waals surface area (Å²) >= 11 is 0. The van der Waals surface area contributed by atoms with Gasteiger partial charge in [-0.3, -0.25) is 14.8 Å².